The van der Waals surface area contributed by atoms with Gasteiger partial charge in [-0.05, 0) is 25.3 Å². The van der Waals surface area contributed by atoms with Gasteiger partial charge in [0.15, 0.2) is 0 Å². The first kappa shape index (κ1) is 10.6. The molecule has 4 nitrogen and oxygen atoms in total. The largest absolute Gasteiger partial charge is 0.356 e. The smallest absolute Gasteiger partial charge is 0.134 e. The third kappa shape index (κ3) is 2.58. The summed E-state index contributed by atoms with van der Waals surface area (Å²) in [6, 6.07) is 1.81. The molecule has 0 aromatic carbocycles. The maximum Gasteiger partial charge on any atom is 0.134 e. The quantitative estimate of drug-likeness (QED) is 0.773. The first-order valence-electron chi connectivity index (χ1n) is 5.22. The number of piperidine rings is 1. The Kier molecular flexibility index (Phi) is 3.38. The van der Waals surface area contributed by atoms with Gasteiger partial charge in [-0.3, -0.25) is 0 Å². The number of anilines is 1. The standard InChI is InChI=1S/C10H15ClN4/c11-9-5-10(14-7-13-9)15-3-1-8(6-12)2-4-15/h5,7-8H,1-4,6,12H2. The number of halogens is 1. The Morgan fingerprint density at radius 2 is 2.13 bits per heavy atom. The predicted octanol–water partition coefficient (Wildman–Crippen LogP) is 1.31. The molecular weight excluding hydrogens is 212 g/mol. The lowest BCUT2D eigenvalue weighted by Crippen LogP contribution is -2.36. The van der Waals surface area contributed by atoms with Crippen molar-refractivity contribution in [1.29, 1.82) is 0 Å². The Labute approximate surface area is 94.5 Å². The molecular formula is C10H15ClN4. The molecule has 82 valence electrons. The molecule has 1 aliphatic rings. The van der Waals surface area contributed by atoms with Crippen LogP contribution in [-0.4, -0.2) is 29.6 Å². The van der Waals surface area contributed by atoms with Crippen LogP contribution in [-0.2, 0) is 0 Å². The second-order valence-corrected chi connectivity index (χ2v) is 4.25. The topological polar surface area (TPSA) is 55.0 Å². The summed E-state index contributed by atoms with van der Waals surface area (Å²) in [4.78, 5) is 10.3. The second kappa shape index (κ2) is 4.77. The molecule has 1 saturated heterocycles. The van der Waals surface area contributed by atoms with E-state index in [0.29, 0.717) is 11.1 Å². The van der Waals surface area contributed by atoms with Crippen LogP contribution in [0.1, 0.15) is 12.8 Å². The molecule has 15 heavy (non-hydrogen) atoms. The zero-order valence-electron chi connectivity index (χ0n) is 8.56. The van der Waals surface area contributed by atoms with Crippen LogP contribution in [0.2, 0.25) is 5.15 Å². The first-order valence-corrected chi connectivity index (χ1v) is 5.60. The van der Waals surface area contributed by atoms with Crippen molar-refractivity contribution >= 4 is 17.4 Å². The minimum Gasteiger partial charge on any atom is -0.356 e. The predicted molar refractivity (Wildman–Crippen MR) is 61.0 cm³/mol. The van der Waals surface area contributed by atoms with Gasteiger partial charge in [-0.2, -0.15) is 0 Å². The van der Waals surface area contributed by atoms with Gasteiger partial charge in [0.2, 0.25) is 0 Å². The van der Waals surface area contributed by atoms with Crippen LogP contribution in [0.3, 0.4) is 0 Å². The van der Waals surface area contributed by atoms with Gasteiger partial charge in [-0.25, -0.2) is 9.97 Å². The van der Waals surface area contributed by atoms with Crippen molar-refractivity contribution in [3.8, 4) is 0 Å². The third-order valence-corrected chi connectivity index (χ3v) is 3.10. The van der Waals surface area contributed by atoms with E-state index in [-0.39, 0.29) is 0 Å². The fraction of sp³-hybridized carbons (Fsp3) is 0.600. The second-order valence-electron chi connectivity index (χ2n) is 3.87. The van der Waals surface area contributed by atoms with E-state index in [1.54, 1.807) is 0 Å². The Morgan fingerprint density at radius 1 is 1.40 bits per heavy atom. The summed E-state index contributed by atoms with van der Waals surface area (Å²) in [5, 5.41) is 0.501. The molecule has 0 aliphatic carbocycles. The van der Waals surface area contributed by atoms with Crippen LogP contribution >= 0.6 is 11.6 Å². The highest BCUT2D eigenvalue weighted by Gasteiger charge is 2.18. The summed E-state index contributed by atoms with van der Waals surface area (Å²) in [7, 11) is 0. The molecule has 2 rings (SSSR count). The Morgan fingerprint density at radius 3 is 2.73 bits per heavy atom. The van der Waals surface area contributed by atoms with Gasteiger partial charge in [-0.15, -0.1) is 0 Å². The normalized spacial score (nSPS) is 18.1. The van der Waals surface area contributed by atoms with Crippen LogP contribution < -0.4 is 10.6 Å². The molecule has 2 N–H and O–H groups in total. The zero-order valence-corrected chi connectivity index (χ0v) is 9.32. The van der Waals surface area contributed by atoms with E-state index in [2.05, 4.69) is 14.9 Å². The van der Waals surface area contributed by atoms with Crippen molar-refractivity contribution in [2.45, 2.75) is 12.8 Å². The van der Waals surface area contributed by atoms with Crippen LogP contribution in [0.15, 0.2) is 12.4 Å². The molecule has 0 unspecified atom stereocenters. The van der Waals surface area contributed by atoms with Gasteiger partial charge in [0.1, 0.15) is 17.3 Å². The molecule has 5 heteroatoms. The minimum absolute atomic E-state index is 0.501. The van der Waals surface area contributed by atoms with Gasteiger partial charge >= 0.3 is 0 Å². The fourth-order valence-corrected chi connectivity index (χ4v) is 2.04. The molecule has 0 bridgehead atoms. The SMILES string of the molecule is NCC1CCN(c2cc(Cl)ncn2)CC1. The zero-order chi connectivity index (χ0) is 10.7. The van der Waals surface area contributed by atoms with Gasteiger partial charge in [-0.1, -0.05) is 11.6 Å². The highest BCUT2D eigenvalue weighted by molar-refractivity contribution is 6.29. The highest BCUT2D eigenvalue weighted by atomic mass is 35.5. The van der Waals surface area contributed by atoms with Crippen LogP contribution in [0.25, 0.3) is 0 Å². The first-order chi connectivity index (χ1) is 7.29. The van der Waals surface area contributed by atoms with Crippen molar-refractivity contribution in [1.82, 2.24) is 9.97 Å². The average Bonchev–Trinajstić information content (AvgIpc) is 2.29. The summed E-state index contributed by atoms with van der Waals surface area (Å²) >= 11 is 5.82. The van der Waals surface area contributed by atoms with Crippen molar-refractivity contribution in [2.24, 2.45) is 11.7 Å². The lowest BCUT2D eigenvalue weighted by molar-refractivity contribution is 0.413. The number of aromatic nitrogens is 2. The maximum absolute atomic E-state index is 5.82. The van der Waals surface area contributed by atoms with Crippen molar-refractivity contribution in [3.05, 3.63) is 17.5 Å². The van der Waals surface area contributed by atoms with E-state index in [9.17, 15) is 0 Å². The summed E-state index contributed by atoms with van der Waals surface area (Å²) in [6.07, 6.45) is 3.78. The monoisotopic (exact) mass is 226 g/mol. The van der Waals surface area contributed by atoms with Crippen LogP contribution in [0.5, 0.6) is 0 Å². The van der Waals surface area contributed by atoms with E-state index in [4.69, 9.17) is 17.3 Å². The number of rotatable bonds is 2. The number of hydrogen-bond donors (Lipinski definition) is 1. The molecule has 2 heterocycles. The number of nitrogens with zero attached hydrogens (tertiary/aromatic N) is 3. The summed E-state index contributed by atoms with van der Waals surface area (Å²) in [5.74, 6) is 1.59. The van der Waals surface area contributed by atoms with Crippen molar-refractivity contribution in [3.63, 3.8) is 0 Å². The van der Waals surface area contributed by atoms with E-state index in [0.717, 1.165) is 38.3 Å². The minimum atomic E-state index is 0.501. The van der Waals surface area contributed by atoms with Crippen molar-refractivity contribution < 1.29 is 0 Å². The van der Waals surface area contributed by atoms with Gasteiger partial charge in [0.25, 0.3) is 0 Å². The molecule has 0 radical (unpaired) electrons. The molecule has 0 saturated carbocycles. The maximum atomic E-state index is 5.82. The molecule has 1 aliphatic heterocycles. The number of hydrogen-bond acceptors (Lipinski definition) is 4. The van der Waals surface area contributed by atoms with E-state index in [1.165, 1.54) is 6.33 Å². The summed E-state index contributed by atoms with van der Waals surface area (Å²) in [5.41, 5.74) is 5.65. The summed E-state index contributed by atoms with van der Waals surface area (Å²) in [6.45, 7) is 2.81. The molecule has 0 spiro atoms. The average molecular weight is 227 g/mol. The summed E-state index contributed by atoms with van der Waals surface area (Å²) < 4.78 is 0. The van der Waals surface area contributed by atoms with E-state index in [1.807, 2.05) is 6.07 Å². The van der Waals surface area contributed by atoms with Crippen LogP contribution in [0, 0.1) is 5.92 Å². The van der Waals surface area contributed by atoms with Gasteiger partial charge in [0.05, 0.1) is 0 Å². The lowest BCUT2D eigenvalue weighted by atomic mass is 9.97. The van der Waals surface area contributed by atoms with Crippen molar-refractivity contribution in [2.75, 3.05) is 24.5 Å². The molecule has 0 amide bonds. The Bertz CT molecular complexity index is 323. The highest BCUT2D eigenvalue weighted by Crippen LogP contribution is 2.21. The molecule has 1 aromatic rings. The van der Waals surface area contributed by atoms with Gasteiger partial charge in [0, 0.05) is 19.2 Å². The Hall–Kier alpha value is -0.870. The number of nitrogens with two attached hydrogens (primary N) is 1. The van der Waals surface area contributed by atoms with E-state index < -0.39 is 0 Å². The Balaban J connectivity index is 2.01. The van der Waals surface area contributed by atoms with Crippen LogP contribution in [0.4, 0.5) is 5.82 Å². The molecule has 0 atom stereocenters. The third-order valence-electron chi connectivity index (χ3n) is 2.89. The molecule has 1 aromatic heterocycles. The van der Waals surface area contributed by atoms with Gasteiger partial charge < -0.3 is 10.6 Å². The lowest BCUT2D eigenvalue weighted by Gasteiger charge is -2.32. The fourth-order valence-electron chi connectivity index (χ4n) is 1.89. The van der Waals surface area contributed by atoms with E-state index >= 15 is 0 Å². The molecule has 1 fully saturated rings.